The lowest BCUT2D eigenvalue weighted by molar-refractivity contribution is 0.308. The molecule has 0 atom stereocenters. The summed E-state index contributed by atoms with van der Waals surface area (Å²) in [6.07, 6.45) is 3.48. The largest absolute Gasteiger partial charge is 0.343 e. The molecule has 3 aromatic rings. The highest BCUT2D eigenvalue weighted by Gasteiger charge is 2.12. The van der Waals surface area contributed by atoms with Crippen molar-refractivity contribution in [2.24, 2.45) is 0 Å². The topological polar surface area (TPSA) is 8.17 Å². The van der Waals surface area contributed by atoms with Gasteiger partial charge in [-0.1, -0.05) is 50.2 Å². The van der Waals surface area contributed by atoms with Crippen LogP contribution in [0.3, 0.4) is 0 Å². The molecular formula is C21H25IN2. The molecule has 0 N–H and O–H groups in total. The minimum atomic E-state index is 0.933. The SMILES string of the molecule is CCN(CC)CCc1cn(Cc2ccccc2)c2cccc(I)c12. The van der Waals surface area contributed by atoms with Gasteiger partial charge in [0.05, 0.1) is 0 Å². The van der Waals surface area contributed by atoms with Crippen molar-refractivity contribution in [1.82, 2.24) is 9.47 Å². The Balaban J connectivity index is 1.94. The molecule has 2 nitrogen and oxygen atoms in total. The fourth-order valence-electron chi connectivity index (χ4n) is 3.31. The molecule has 3 rings (SSSR count). The van der Waals surface area contributed by atoms with Gasteiger partial charge in [0.2, 0.25) is 0 Å². The number of likely N-dealkylation sites (N-methyl/N-ethyl adjacent to an activating group) is 1. The molecule has 0 amide bonds. The van der Waals surface area contributed by atoms with Crippen LogP contribution in [0.5, 0.6) is 0 Å². The lowest BCUT2D eigenvalue weighted by Crippen LogP contribution is -2.25. The van der Waals surface area contributed by atoms with Crippen LogP contribution in [0.2, 0.25) is 0 Å². The zero-order chi connectivity index (χ0) is 16.9. The molecule has 0 radical (unpaired) electrons. The second-order valence-electron chi connectivity index (χ2n) is 6.18. The van der Waals surface area contributed by atoms with Gasteiger partial charge in [-0.25, -0.2) is 0 Å². The van der Waals surface area contributed by atoms with Crippen LogP contribution in [0.25, 0.3) is 10.9 Å². The number of aromatic nitrogens is 1. The van der Waals surface area contributed by atoms with Crippen molar-refractivity contribution in [3.05, 3.63) is 69.4 Å². The molecule has 0 aliphatic heterocycles. The maximum Gasteiger partial charge on any atom is 0.0497 e. The van der Waals surface area contributed by atoms with Crippen molar-refractivity contribution in [1.29, 1.82) is 0 Å². The standard InChI is InChI=1S/C21H25IN2/c1-3-23(4-2)14-13-18-16-24(15-17-9-6-5-7-10-17)20-12-8-11-19(22)21(18)20/h5-12,16H,3-4,13-15H2,1-2H3. The average molecular weight is 432 g/mol. The minimum absolute atomic E-state index is 0.933. The van der Waals surface area contributed by atoms with E-state index in [1.807, 2.05) is 0 Å². The molecule has 0 aliphatic carbocycles. The molecule has 2 aromatic carbocycles. The van der Waals surface area contributed by atoms with Gasteiger partial charge in [-0.2, -0.15) is 0 Å². The number of hydrogen-bond donors (Lipinski definition) is 0. The Kier molecular flexibility index (Phi) is 5.95. The Bertz CT molecular complexity index is 788. The van der Waals surface area contributed by atoms with Gasteiger partial charge in [-0.3, -0.25) is 0 Å². The molecule has 0 aliphatic rings. The van der Waals surface area contributed by atoms with E-state index in [4.69, 9.17) is 0 Å². The number of fused-ring (bicyclic) bond motifs is 1. The Hall–Kier alpha value is -1.33. The Morgan fingerprint density at radius 1 is 0.958 bits per heavy atom. The Morgan fingerprint density at radius 2 is 1.71 bits per heavy atom. The van der Waals surface area contributed by atoms with Gasteiger partial charge in [0, 0.05) is 33.8 Å². The molecular weight excluding hydrogens is 407 g/mol. The first-order valence-electron chi connectivity index (χ1n) is 8.75. The van der Waals surface area contributed by atoms with E-state index in [1.165, 1.54) is 25.6 Å². The van der Waals surface area contributed by atoms with Crippen molar-refractivity contribution < 1.29 is 0 Å². The predicted molar refractivity (Wildman–Crippen MR) is 112 cm³/mol. The lowest BCUT2D eigenvalue weighted by atomic mass is 10.1. The summed E-state index contributed by atoms with van der Waals surface area (Å²) in [5.41, 5.74) is 4.17. The monoisotopic (exact) mass is 432 g/mol. The van der Waals surface area contributed by atoms with E-state index in [0.29, 0.717) is 0 Å². The summed E-state index contributed by atoms with van der Waals surface area (Å²) in [5.74, 6) is 0. The van der Waals surface area contributed by atoms with E-state index < -0.39 is 0 Å². The van der Waals surface area contributed by atoms with E-state index in [2.05, 4.69) is 101 Å². The third-order valence-corrected chi connectivity index (χ3v) is 5.62. The van der Waals surface area contributed by atoms with Crippen molar-refractivity contribution in [2.75, 3.05) is 19.6 Å². The summed E-state index contributed by atoms with van der Waals surface area (Å²) in [7, 11) is 0. The number of halogens is 1. The zero-order valence-corrected chi connectivity index (χ0v) is 16.7. The smallest absolute Gasteiger partial charge is 0.0497 e. The van der Waals surface area contributed by atoms with Gasteiger partial charge in [0.15, 0.2) is 0 Å². The Labute approximate surface area is 158 Å². The highest BCUT2D eigenvalue weighted by Crippen LogP contribution is 2.27. The van der Waals surface area contributed by atoms with Gasteiger partial charge in [-0.15, -0.1) is 0 Å². The van der Waals surface area contributed by atoms with E-state index >= 15 is 0 Å². The number of hydrogen-bond acceptors (Lipinski definition) is 1. The molecule has 126 valence electrons. The van der Waals surface area contributed by atoms with Gasteiger partial charge in [0.25, 0.3) is 0 Å². The molecule has 1 heterocycles. The molecule has 0 bridgehead atoms. The van der Waals surface area contributed by atoms with Gasteiger partial charge in [-0.05, 0) is 65.4 Å². The van der Waals surface area contributed by atoms with E-state index in [0.717, 1.165) is 32.6 Å². The Morgan fingerprint density at radius 3 is 2.42 bits per heavy atom. The summed E-state index contributed by atoms with van der Waals surface area (Å²) < 4.78 is 3.76. The lowest BCUT2D eigenvalue weighted by Gasteiger charge is -2.17. The van der Waals surface area contributed by atoms with E-state index in [-0.39, 0.29) is 0 Å². The van der Waals surface area contributed by atoms with Crippen LogP contribution in [-0.2, 0) is 13.0 Å². The maximum atomic E-state index is 2.50. The number of rotatable bonds is 7. The molecule has 0 fully saturated rings. The molecule has 3 heteroatoms. The van der Waals surface area contributed by atoms with Crippen LogP contribution in [-0.4, -0.2) is 29.1 Å². The summed E-state index contributed by atoms with van der Waals surface area (Å²) in [5, 5.41) is 1.43. The molecule has 24 heavy (non-hydrogen) atoms. The van der Waals surface area contributed by atoms with Gasteiger partial charge < -0.3 is 9.47 Å². The third-order valence-electron chi connectivity index (χ3n) is 4.72. The fourth-order valence-corrected chi connectivity index (χ4v) is 4.14. The normalized spacial score (nSPS) is 11.5. The number of benzene rings is 2. The second-order valence-corrected chi connectivity index (χ2v) is 7.34. The molecule has 0 unspecified atom stereocenters. The summed E-state index contributed by atoms with van der Waals surface area (Å²) in [4.78, 5) is 2.50. The predicted octanol–water partition coefficient (Wildman–Crippen LogP) is 5.18. The first-order valence-corrected chi connectivity index (χ1v) is 9.83. The third kappa shape index (κ3) is 3.83. The van der Waals surface area contributed by atoms with Crippen LogP contribution in [0.15, 0.2) is 54.7 Å². The summed E-state index contributed by atoms with van der Waals surface area (Å²) in [6, 6.07) is 17.4. The van der Waals surface area contributed by atoms with Gasteiger partial charge in [0.1, 0.15) is 0 Å². The highest BCUT2D eigenvalue weighted by atomic mass is 127. The van der Waals surface area contributed by atoms with Crippen LogP contribution < -0.4 is 0 Å². The van der Waals surface area contributed by atoms with E-state index in [1.54, 1.807) is 0 Å². The quantitative estimate of drug-likeness (QED) is 0.468. The van der Waals surface area contributed by atoms with Crippen LogP contribution in [0.1, 0.15) is 25.0 Å². The summed E-state index contributed by atoms with van der Waals surface area (Å²) in [6.45, 7) is 8.79. The minimum Gasteiger partial charge on any atom is -0.343 e. The first kappa shape index (κ1) is 17.5. The molecule has 0 saturated heterocycles. The van der Waals surface area contributed by atoms with E-state index in [9.17, 15) is 0 Å². The zero-order valence-electron chi connectivity index (χ0n) is 14.5. The summed E-state index contributed by atoms with van der Waals surface area (Å²) >= 11 is 2.48. The highest BCUT2D eigenvalue weighted by molar-refractivity contribution is 14.1. The number of nitrogens with zero attached hydrogens (tertiary/aromatic N) is 2. The maximum absolute atomic E-state index is 2.50. The first-order chi connectivity index (χ1) is 11.7. The fraction of sp³-hybridized carbons (Fsp3) is 0.333. The second kappa shape index (κ2) is 8.17. The van der Waals surface area contributed by atoms with Gasteiger partial charge >= 0.3 is 0 Å². The average Bonchev–Trinajstić information content (AvgIpc) is 2.96. The van der Waals surface area contributed by atoms with Crippen molar-refractivity contribution >= 4 is 33.5 Å². The van der Waals surface area contributed by atoms with Crippen molar-refractivity contribution in [3.63, 3.8) is 0 Å². The van der Waals surface area contributed by atoms with Crippen molar-refractivity contribution in [2.45, 2.75) is 26.8 Å². The van der Waals surface area contributed by atoms with Crippen LogP contribution in [0.4, 0.5) is 0 Å². The molecule has 0 spiro atoms. The van der Waals surface area contributed by atoms with Crippen molar-refractivity contribution in [3.8, 4) is 0 Å². The van der Waals surface area contributed by atoms with Crippen LogP contribution >= 0.6 is 22.6 Å². The molecule has 1 aromatic heterocycles. The molecule has 0 saturated carbocycles. The van der Waals surface area contributed by atoms with Crippen LogP contribution in [0, 0.1) is 3.57 Å².